The number of hydrogen-bond donors (Lipinski definition) is 1. The SMILES string of the molecule is COC1(NF)C(F)(F)C(F)(F)C(F)(F)C(F)(F)C1(F)F. The Hall–Kier alpha value is -0.850. The molecule has 1 fully saturated rings. The van der Waals surface area contributed by atoms with E-state index in [-0.39, 0.29) is 7.11 Å². The van der Waals surface area contributed by atoms with Crippen molar-refractivity contribution in [2.45, 2.75) is 35.3 Å². The van der Waals surface area contributed by atoms with E-state index in [0.29, 0.717) is 0 Å². The molecule has 1 N–H and O–H groups in total. The number of alkyl halides is 10. The van der Waals surface area contributed by atoms with Gasteiger partial charge in [0.15, 0.2) is 0 Å². The van der Waals surface area contributed by atoms with Crippen LogP contribution in [0.25, 0.3) is 0 Å². The highest BCUT2D eigenvalue weighted by Crippen LogP contribution is 2.68. The van der Waals surface area contributed by atoms with Gasteiger partial charge in [0.1, 0.15) is 0 Å². The second-order valence-corrected chi connectivity index (χ2v) is 3.85. The Morgan fingerprint density at radius 1 is 0.600 bits per heavy atom. The van der Waals surface area contributed by atoms with Gasteiger partial charge in [0.25, 0.3) is 5.72 Å². The number of nitrogens with one attached hydrogen (secondary N) is 1. The molecule has 0 aromatic heterocycles. The largest absolute Gasteiger partial charge is 0.384 e. The number of rotatable bonds is 2. The molecule has 0 saturated heterocycles. The predicted molar refractivity (Wildman–Crippen MR) is 38.7 cm³/mol. The minimum absolute atomic E-state index is 0.260. The molecule has 0 spiro atoms. The maximum atomic E-state index is 13.2. The van der Waals surface area contributed by atoms with Crippen LogP contribution in [0.5, 0.6) is 0 Å². The Kier molecular flexibility index (Phi) is 3.33. The van der Waals surface area contributed by atoms with E-state index in [4.69, 9.17) is 0 Å². The molecule has 0 atom stereocenters. The van der Waals surface area contributed by atoms with E-state index in [2.05, 4.69) is 4.74 Å². The molecule has 1 aliphatic rings. The first-order valence-corrected chi connectivity index (χ1v) is 4.44. The average Bonchev–Trinajstić information content (AvgIpc) is 2.28. The minimum Gasteiger partial charge on any atom is -0.351 e. The quantitative estimate of drug-likeness (QED) is 0.478. The van der Waals surface area contributed by atoms with Gasteiger partial charge < -0.3 is 4.74 Å². The normalized spacial score (nSPS) is 31.8. The lowest BCUT2D eigenvalue weighted by molar-refractivity contribution is -0.508. The van der Waals surface area contributed by atoms with Crippen LogP contribution in [0, 0.1) is 0 Å². The Balaban J connectivity index is 3.82. The van der Waals surface area contributed by atoms with Crippen molar-refractivity contribution in [3.63, 3.8) is 0 Å². The van der Waals surface area contributed by atoms with E-state index in [1.807, 2.05) is 0 Å². The number of methoxy groups -OCH3 is 1. The maximum absolute atomic E-state index is 13.2. The summed E-state index contributed by atoms with van der Waals surface area (Å²) in [7, 11) is -0.260. The topological polar surface area (TPSA) is 21.3 Å². The molecule has 0 unspecified atom stereocenters. The highest BCUT2D eigenvalue weighted by Gasteiger charge is 3.01. The molecule has 2 nitrogen and oxygen atoms in total. The van der Waals surface area contributed by atoms with E-state index < -0.39 is 40.9 Å². The van der Waals surface area contributed by atoms with Crippen LogP contribution in [0.3, 0.4) is 0 Å². The summed E-state index contributed by atoms with van der Waals surface area (Å²) in [5, 5.41) is 0. The van der Waals surface area contributed by atoms with Crippen molar-refractivity contribution in [3.8, 4) is 0 Å². The Morgan fingerprint density at radius 3 is 1.05 bits per heavy atom. The Labute approximate surface area is 102 Å². The van der Waals surface area contributed by atoms with Crippen molar-refractivity contribution in [1.82, 2.24) is 5.54 Å². The molecule has 13 heteroatoms. The fourth-order valence-electron chi connectivity index (χ4n) is 1.64. The van der Waals surface area contributed by atoms with Crippen LogP contribution in [0.15, 0.2) is 0 Å². The van der Waals surface area contributed by atoms with E-state index in [9.17, 15) is 48.4 Å². The molecule has 0 radical (unpaired) electrons. The first kappa shape index (κ1) is 17.2. The van der Waals surface area contributed by atoms with Crippen molar-refractivity contribution < 1.29 is 53.1 Å². The summed E-state index contributed by atoms with van der Waals surface area (Å²) in [4.78, 5) is 0. The smallest absolute Gasteiger partial charge is 0.351 e. The van der Waals surface area contributed by atoms with Gasteiger partial charge in [-0.05, 0) is 0 Å². The molecule has 20 heavy (non-hydrogen) atoms. The van der Waals surface area contributed by atoms with Gasteiger partial charge in [0.05, 0.1) is 0 Å². The monoisotopic (exact) mass is 327 g/mol. The fraction of sp³-hybridized carbons (Fsp3) is 1.00. The van der Waals surface area contributed by atoms with Gasteiger partial charge >= 0.3 is 29.6 Å². The van der Waals surface area contributed by atoms with Gasteiger partial charge in [0.2, 0.25) is 0 Å². The van der Waals surface area contributed by atoms with Crippen molar-refractivity contribution in [2.24, 2.45) is 0 Å². The molecule has 0 bridgehead atoms. The lowest BCUT2D eigenvalue weighted by Crippen LogP contribution is -2.88. The van der Waals surface area contributed by atoms with Crippen molar-refractivity contribution in [1.29, 1.82) is 0 Å². The first-order chi connectivity index (χ1) is 8.62. The van der Waals surface area contributed by atoms with E-state index in [0.717, 1.165) is 0 Å². The molecule has 0 aromatic rings. The third-order valence-corrected chi connectivity index (χ3v) is 2.90. The molecule has 1 rings (SSSR count). The zero-order valence-corrected chi connectivity index (χ0v) is 9.07. The Bertz CT molecular complexity index is 370. The molecule has 0 aliphatic heterocycles. The van der Waals surface area contributed by atoms with Gasteiger partial charge in [-0.2, -0.15) is 43.9 Å². The van der Waals surface area contributed by atoms with Gasteiger partial charge in [-0.25, -0.2) is 0 Å². The summed E-state index contributed by atoms with van der Waals surface area (Å²) < 4.78 is 145. The minimum atomic E-state index is -7.16. The van der Waals surface area contributed by atoms with Crippen LogP contribution >= 0.6 is 0 Å². The predicted octanol–water partition coefficient (Wildman–Crippen LogP) is 2.99. The fourth-order valence-corrected chi connectivity index (χ4v) is 1.64. The van der Waals surface area contributed by atoms with Gasteiger partial charge in [0, 0.05) is 7.11 Å². The molecule has 0 amide bonds. The third kappa shape index (κ3) is 1.28. The third-order valence-electron chi connectivity index (χ3n) is 2.90. The molecule has 0 aromatic carbocycles. The van der Waals surface area contributed by atoms with E-state index in [1.54, 1.807) is 0 Å². The highest BCUT2D eigenvalue weighted by atomic mass is 19.4. The van der Waals surface area contributed by atoms with E-state index >= 15 is 0 Å². The first-order valence-electron chi connectivity index (χ1n) is 4.44. The van der Waals surface area contributed by atoms with E-state index in [1.165, 1.54) is 0 Å². The van der Waals surface area contributed by atoms with Gasteiger partial charge in [-0.3, -0.25) is 0 Å². The summed E-state index contributed by atoms with van der Waals surface area (Å²) in [5.74, 6) is -34.6. The maximum Gasteiger partial charge on any atom is 0.384 e. The molecular formula is C7H4F11NO. The van der Waals surface area contributed by atoms with Crippen LogP contribution in [0.2, 0.25) is 0 Å². The van der Waals surface area contributed by atoms with Gasteiger partial charge in [-0.1, -0.05) is 0 Å². The summed E-state index contributed by atoms with van der Waals surface area (Å²) in [6.07, 6.45) is 0. The number of ether oxygens (including phenoxy) is 1. The van der Waals surface area contributed by atoms with Crippen molar-refractivity contribution in [3.05, 3.63) is 0 Å². The molecule has 1 saturated carbocycles. The molecule has 0 heterocycles. The molecule has 120 valence electrons. The second kappa shape index (κ2) is 3.87. The van der Waals surface area contributed by atoms with Crippen LogP contribution < -0.4 is 5.54 Å². The zero-order valence-electron chi connectivity index (χ0n) is 9.07. The summed E-state index contributed by atoms with van der Waals surface area (Å²) in [6, 6.07) is 0. The second-order valence-electron chi connectivity index (χ2n) is 3.85. The molecular weight excluding hydrogens is 323 g/mol. The lowest BCUT2D eigenvalue weighted by Gasteiger charge is -2.53. The summed E-state index contributed by atoms with van der Waals surface area (Å²) in [6.45, 7) is 0. The average molecular weight is 327 g/mol. The summed E-state index contributed by atoms with van der Waals surface area (Å²) in [5.41, 5.74) is -6.40. The number of halogens is 11. The van der Waals surface area contributed by atoms with Gasteiger partial charge in [-0.15, -0.1) is 10.0 Å². The summed E-state index contributed by atoms with van der Waals surface area (Å²) >= 11 is 0. The molecule has 1 aliphatic carbocycles. The van der Waals surface area contributed by atoms with Crippen LogP contribution in [-0.4, -0.2) is 42.4 Å². The Morgan fingerprint density at radius 2 is 0.850 bits per heavy atom. The zero-order chi connectivity index (χ0) is 16.4. The standard InChI is InChI=1S/C7H4F11NO/c1-20-7(19-18)5(14,15)3(10,11)2(8,9)4(12,13)6(7,16)17/h19H,1H3. The van der Waals surface area contributed by atoms with Crippen LogP contribution in [0.1, 0.15) is 0 Å². The van der Waals surface area contributed by atoms with Crippen molar-refractivity contribution in [2.75, 3.05) is 7.11 Å². The van der Waals surface area contributed by atoms with Crippen LogP contribution in [0.4, 0.5) is 48.4 Å². The lowest BCUT2D eigenvalue weighted by atomic mass is 9.76. The highest BCUT2D eigenvalue weighted by molar-refractivity contribution is 5.25. The number of hydrogen-bond acceptors (Lipinski definition) is 2. The van der Waals surface area contributed by atoms with Crippen molar-refractivity contribution >= 4 is 0 Å². The van der Waals surface area contributed by atoms with Crippen LogP contribution in [-0.2, 0) is 4.74 Å².